The van der Waals surface area contributed by atoms with Gasteiger partial charge in [0.15, 0.2) is 0 Å². The second kappa shape index (κ2) is 8.14. The van der Waals surface area contributed by atoms with E-state index in [-0.39, 0.29) is 0 Å². The van der Waals surface area contributed by atoms with Crippen LogP contribution < -0.4 is 5.32 Å². The van der Waals surface area contributed by atoms with Gasteiger partial charge in [-0.1, -0.05) is 48.5 Å². The Morgan fingerprint density at radius 3 is 1.54 bits per heavy atom. The molecule has 0 saturated heterocycles. The van der Waals surface area contributed by atoms with Gasteiger partial charge in [0.25, 0.3) is 0 Å². The van der Waals surface area contributed by atoms with E-state index in [2.05, 4.69) is 97.2 Å². The van der Waals surface area contributed by atoms with Gasteiger partial charge in [-0.2, -0.15) is 0 Å². The molecule has 0 aliphatic carbocycles. The Balaban J connectivity index is 1.36. The molecule has 8 rings (SSSR count). The molecule has 0 fully saturated rings. The summed E-state index contributed by atoms with van der Waals surface area (Å²) in [7, 11) is 1.98. The Bertz CT molecular complexity index is 2150. The molecule has 0 atom stereocenters. The van der Waals surface area contributed by atoms with Crippen molar-refractivity contribution in [3.8, 4) is 20.9 Å². The highest BCUT2D eigenvalue weighted by molar-refractivity contribution is 7.37. The first kappa shape index (κ1) is 21.8. The Morgan fingerprint density at radius 1 is 0.486 bits per heavy atom. The van der Waals surface area contributed by atoms with E-state index in [1.807, 2.05) is 41.1 Å². The zero-order chi connectivity index (χ0) is 24.7. The molecule has 4 heterocycles. The van der Waals surface area contributed by atoms with Crippen molar-refractivity contribution in [2.24, 2.45) is 0 Å². The van der Waals surface area contributed by atoms with Crippen LogP contribution in [0.3, 0.4) is 0 Å². The van der Waals surface area contributed by atoms with E-state index in [1.54, 1.807) is 11.3 Å². The molecule has 0 saturated carbocycles. The molecular formula is C32H21NS4. The highest BCUT2D eigenvalue weighted by atomic mass is 32.1. The van der Waals surface area contributed by atoms with Crippen LogP contribution in [0.4, 0.5) is 5.00 Å². The molecule has 0 amide bonds. The van der Waals surface area contributed by atoms with Crippen molar-refractivity contribution in [2.45, 2.75) is 6.92 Å². The Labute approximate surface area is 230 Å². The van der Waals surface area contributed by atoms with Crippen molar-refractivity contribution >= 4 is 101 Å². The van der Waals surface area contributed by atoms with Crippen molar-refractivity contribution in [2.75, 3.05) is 12.4 Å². The lowest BCUT2D eigenvalue weighted by Crippen LogP contribution is -1.80. The fraction of sp³-hybridized carbons (Fsp3) is 0.0625. The summed E-state index contributed by atoms with van der Waals surface area (Å²) in [5.41, 5.74) is 2.60. The maximum Gasteiger partial charge on any atom is 0.0886 e. The molecule has 0 bridgehead atoms. The lowest BCUT2D eigenvalue weighted by Gasteiger charge is -2.04. The van der Waals surface area contributed by atoms with Gasteiger partial charge in [0.05, 0.1) is 14.4 Å². The average Bonchev–Trinajstić information content (AvgIpc) is 3.71. The largest absolute Gasteiger partial charge is 0.380 e. The van der Waals surface area contributed by atoms with Gasteiger partial charge in [0, 0.05) is 52.6 Å². The standard InChI is InChI=1S/C32H21NS4/c1-17-3-12-26(34-17)20-6-4-18-8-10-22-29(24(18)15-20)36-32-23-11-9-19-5-7-21(27-13-14-28(33-2)35-27)16-25(19)30(23)37-31(22)32/h3-16,33H,1-2H3. The molecule has 5 heteroatoms. The van der Waals surface area contributed by atoms with Gasteiger partial charge in [-0.15, -0.1) is 45.3 Å². The van der Waals surface area contributed by atoms with Gasteiger partial charge in [-0.25, -0.2) is 0 Å². The number of hydrogen-bond donors (Lipinski definition) is 1. The molecule has 178 valence electrons. The first-order valence-corrected chi connectivity index (χ1v) is 15.5. The van der Waals surface area contributed by atoms with Crippen LogP contribution in [-0.2, 0) is 0 Å². The molecule has 8 aromatic rings. The Morgan fingerprint density at radius 2 is 1.03 bits per heavy atom. The van der Waals surface area contributed by atoms with Crippen molar-refractivity contribution in [1.82, 2.24) is 0 Å². The van der Waals surface area contributed by atoms with Gasteiger partial charge < -0.3 is 5.32 Å². The van der Waals surface area contributed by atoms with Gasteiger partial charge in [0.1, 0.15) is 0 Å². The summed E-state index contributed by atoms with van der Waals surface area (Å²) in [6, 6.07) is 31.9. The van der Waals surface area contributed by atoms with Crippen LogP contribution in [0.5, 0.6) is 0 Å². The number of rotatable bonds is 3. The minimum atomic E-state index is 1.20. The van der Waals surface area contributed by atoms with E-state index < -0.39 is 0 Å². The fourth-order valence-corrected chi connectivity index (χ4v) is 9.94. The van der Waals surface area contributed by atoms with Crippen molar-refractivity contribution in [1.29, 1.82) is 0 Å². The summed E-state index contributed by atoms with van der Waals surface area (Å²) in [5.74, 6) is 0. The normalized spacial score (nSPS) is 12.1. The van der Waals surface area contributed by atoms with E-state index >= 15 is 0 Å². The Hall–Kier alpha value is -3.22. The minimum absolute atomic E-state index is 1.20. The number of fused-ring (bicyclic) bond motifs is 9. The summed E-state index contributed by atoms with van der Waals surface area (Å²) in [4.78, 5) is 4.00. The van der Waals surface area contributed by atoms with Crippen LogP contribution in [0.2, 0.25) is 0 Å². The molecule has 0 spiro atoms. The average molecular weight is 548 g/mol. The maximum atomic E-state index is 3.26. The second-order valence-corrected chi connectivity index (χ2v) is 13.9. The third kappa shape index (κ3) is 3.32. The number of nitrogens with one attached hydrogen (secondary N) is 1. The lowest BCUT2D eigenvalue weighted by molar-refractivity contribution is 1.60. The van der Waals surface area contributed by atoms with Crippen LogP contribution in [0, 0.1) is 6.92 Å². The molecule has 4 aromatic carbocycles. The fourth-order valence-electron chi connectivity index (χ4n) is 5.34. The molecule has 1 N–H and O–H groups in total. The van der Waals surface area contributed by atoms with E-state index in [1.165, 1.54) is 81.9 Å². The summed E-state index contributed by atoms with van der Waals surface area (Å²) < 4.78 is 5.64. The highest BCUT2D eigenvalue weighted by Gasteiger charge is 2.17. The van der Waals surface area contributed by atoms with Crippen molar-refractivity contribution in [3.05, 3.63) is 89.8 Å². The topological polar surface area (TPSA) is 12.0 Å². The predicted molar refractivity (Wildman–Crippen MR) is 171 cm³/mol. The zero-order valence-electron chi connectivity index (χ0n) is 20.2. The zero-order valence-corrected chi connectivity index (χ0v) is 23.5. The first-order valence-electron chi connectivity index (χ1n) is 12.3. The van der Waals surface area contributed by atoms with Crippen molar-refractivity contribution < 1.29 is 0 Å². The van der Waals surface area contributed by atoms with Crippen LogP contribution in [-0.4, -0.2) is 7.05 Å². The van der Waals surface area contributed by atoms with E-state index in [0.717, 1.165) is 0 Å². The second-order valence-electron chi connectivity index (χ2n) is 9.44. The predicted octanol–water partition coefficient (Wildman–Crippen LogP) is 11.4. The molecule has 4 aromatic heterocycles. The number of benzene rings is 4. The smallest absolute Gasteiger partial charge is 0.0886 e. The molecule has 37 heavy (non-hydrogen) atoms. The SMILES string of the molecule is CNc1ccc(-c2ccc3ccc4c(sc5c6ccc7ccc(-c8ccc(C)s8)cc7c6sc45)c3c2)s1. The van der Waals surface area contributed by atoms with Gasteiger partial charge >= 0.3 is 0 Å². The van der Waals surface area contributed by atoms with Gasteiger partial charge in [-0.3, -0.25) is 0 Å². The lowest BCUT2D eigenvalue weighted by atomic mass is 10.0. The third-order valence-corrected chi connectivity index (χ3v) is 12.1. The third-order valence-electron chi connectivity index (χ3n) is 7.21. The van der Waals surface area contributed by atoms with Crippen LogP contribution in [0.1, 0.15) is 4.88 Å². The number of anilines is 1. The minimum Gasteiger partial charge on any atom is -0.380 e. The first-order chi connectivity index (χ1) is 18.2. The monoisotopic (exact) mass is 547 g/mol. The van der Waals surface area contributed by atoms with E-state index in [0.29, 0.717) is 0 Å². The molecule has 0 aliphatic rings. The van der Waals surface area contributed by atoms with Crippen LogP contribution >= 0.6 is 45.3 Å². The quantitative estimate of drug-likeness (QED) is 0.232. The molecule has 0 unspecified atom stereocenters. The number of thiophene rings is 4. The van der Waals surface area contributed by atoms with Gasteiger partial charge in [-0.05, 0) is 65.2 Å². The van der Waals surface area contributed by atoms with Crippen LogP contribution in [0.25, 0.3) is 72.0 Å². The van der Waals surface area contributed by atoms with E-state index in [4.69, 9.17) is 0 Å². The summed E-state index contributed by atoms with van der Waals surface area (Å²) >= 11 is 7.59. The summed E-state index contributed by atoms with van der Waals surface area (Å²) in [6.07, 6.45) is 0. The van der Waals surface area contributed by atoms with Crippen molar-refractivity contribution in [3.63, 3.8) is 0 Å². The van der Waals surface area contributed by atoms with Gasteiger partial charge in [0.2, 0.25) is 0 Å². The molecular weight excluding hydrogens is 527 g/mol. The molecule has 1 nitrogen and oxygen atoms in total. The summed E-state index contributed by atoms with van der Waals surface area (Å²) in [5, 5.41) is 12.6. The Kier molecular flexibility index (Phi) is 4.80. The maximum absolute atomic E-state index is 3.26. The van der Waals surface area contributed by atoms with Crippen LogP contribution in [0.15, 0.2) is 84.9 Å². The van der Waals surface area contributed by atoms with E-state index in [9.17, 15) is 0 Å². The molecule has 0 radical (unpaired) electrons. The highest BCUT2D eigenvalue weighted by Crippen LogP contribution is 2.49. The number of aryl methyl sites for hydroxylation is 1. The number of hydrogen-bond acceptors (Lipinski definition) is 5. The molecule has 0 aliphatic heterocycles. The summed E-state index contributed by atoms with van der Waals surface area (Å²) in [6.45, 7) is 2.18.